The van der Waals surface area contributed by atoms with Crippen molar-refractivity contribution in [2.75, 3.05) is 18.1 Å². The van der Waals surface area contributed by atoms with Crippen LogP contribution in [0.25, 0.3) is 0 Å². The molecule has 2 atom stereocenters. The first kappa shape index (κ1) is 15.9. The number of amides is 1. The molecule has 0 spiro atoms. The lowest BCUT2D eigenvalue weighted by atomic mass is 9.95. The molecule has 0 aliphatic heterocycles. The Morgan fingerprint density at radius 1 is 1.35 bits per heavy atom. The lowest BCUT2D eigenvalue weighted by molar-refractivity contribution is -0.115. The van der Waals surface area contributed by atoms with E-state index in [4.69, 9.17) is 0 Å². The molecule has 0 saturated heterocycles. The van der Waals surface area contributed by atoms with E-state index in [1.165, 1.54) is 25.7 Å². The number of thioether (sulfide) groups is 1. The zero-order chi connectivity index (χ0) is 14.4. The monoisotopic (exact) mass is 356 g/mol. The fourth-order valence-corrected chi connectivity index (χ4v) is 3.61. The first-order valence-corrected chi connectivity index (χ1v) is 9.07. The number of benzene rings is 1. The van der Waals surface area contributed by atoms with Crippen LogP contribution in [0.4, 0.5) is 5.69 Å². The summed E-state index contributed by atoms with van der Waals surface area (Å²) in [5, 5.41) is 7.04. The summed E-state index contributed by atoms with van der Waals surface area (Å²) in [6.45, 7) is 0.391. The highest BCUT2D eigenvalue weighted by Crippen LogP contribution is 2.26. The number of carbonyl (C=O) groups excluding carboxylic acids is 1. The van der Waals surface area contributed by atoms with Gasteiger partial charge in [0.1, 0.15) is 0 Å². The number of anilines is 1. The van der Waals surface area contributed by atoms with Gasteiger partial charge in [-0.1, -0.05) is 22.4 Å². The molecule has 0 radical (unpaired) electrons. The molecule has 1 aromatic carbocycles. The molecular formula is C15H21BrN2OS. The molecule has 1 amide bonds. The van der Waals surface area contributed by atoms with Crippen LogP contribution in [0.3, 0.4) is 0 Å². The topological polar surface area (TPSA) is 41.1 Å². The number of hydrogen-bond donors (Lipinski definition) is 2. The summed E-state index contributed by atoms with van der Waals surface area (Å²) in [7, 11) is 0. The SMILES string of the molecule is CSC1CCCC(NCC(=O)Nc2ccc(Br)cc2)C1. The van der Waals surface area contributed by atoms with Gasteiger partial charge in [0.15, 0.2) is 0 Å². The summed E-state index contributed by atoms with van der Waals surface area (Å²) >= 11 is 5.32. The third-order valence-corrected chi connectivity index (χ3v) is 5.26. The zero-order valence-electron chi connectivity index (χ0n) is 11.7. The number of halogens is 1. The Balaban J connectivity index is 1.73. The van der Waals surface area contributed by atoms with E-state index in [1.807, 2.05) is 36.0 Å². The van der Waals surface area contributed by atoms with E-state index in [-0.39, 0.29) is 5.91 Å². The van der Waals surface area contributed by atoms with Crippen LogP contribution in [0.15, 0.2) is 28.7 Å². The molecule has 1 aliphatic carbocycles. The highest BCUT2D eigenvalue weighted by atomic mass is 79.9. The molecule has 0 bridgehead atoms. The van der Waals surface area contributed by atoms with Crippen LogP contribution < -0.4 is 10.6 Å². The predicted molar refractivity (Wildman–Crippen MR) is 90.3 cm³/mol. The van der Waals surface area contributed by atoms with Gasteiger partial charge in [-0.05, 0) is 49.8 Å². The van der Waals surface area contributed by atoms with Gasteiger partial charge >= 0.3 is 0 Å². The summed E-state index contributed by atoms with van der Waals surface area (Å²) in [5.74, 6) is 0.0265. The van der Waals surface area contributed by atoms with Crippen LogP contribution in [0, 0.1) is 0 Å². The Bertz CT molecular complexity index is 438. The van der Waals surface area contributed by atoms with E-state index >= 15 is 0 Å². The Labute approximate surface area is 133 Å². The summed E-state index contributed by atoms with van der Waals surface area (Å²) in [4.78, 5) is 11.9. The molecule has 0 aromatic heterocycles. The number of rotatable bonds is 5. The fourth-order valence-electron chi connectivity index (χ4n) is 2.52. The molecule has 3 nitrogen and oxygen atoms in total. The average Bonchev–Trinajstić information content (AvgIpc) is 2.48. The van der Waals surface area contributed by atoms with Crippen molar-refractivity contribution in [3.05, 3.63) is 28.7 Å². The molecule has 1 aromatic rings. The smallest absolute Gasteiger partial charge is 0.238 e. The maximum Gasteiger partial charge on any atom is 0.238 e. The number of carbonyl (C=O) groups is 1. The van der Waals surface area contributed by atoms with Gasteiger partial charge in [0.05, 0.1) is 6.54 Å². The quantitative estimate of drug-likeness (QED) is 0.845. The van der Waals surface area contributed by atoms with E-state index in [1.54, 1.807) is 0 Å². The number of nitrogens with one attached hydrogen (secondary N) is 2. The molecule has 2 unspecified atom stereocenters. The molecule has 5 heteroatoms. The maximum atomic E-state index is 11.9. The highest BCUT2D eigenvalue weighted by molar-refractivity contribution is 9.10. The molecule has 0 heterocycles. The van der Waals surface area contributed by atoms with Crippen LogP contribution in [0.2, 0.25) is 0 Å². The molecule has 1 fully saturated rings. The van der Waals surface area contributed by atoms with Gasteiger partial charge in [0.2, 0.25) is 5.91 Å². The van der Waals surface area contributed by atoms with E-state index in [9.17, 15) is 4.79 Å². The third kappa shape index (κ3) is 5.11. The minimum absolute atomic E-state index is 0.0265. The zero-order valence-corrected chi connectivity index (χ0v) is 14.1. The van der Waals surface area contributed by atoms with Crippen molar-refractivity contribution in [2.24, 2.45) is 0 Å². The van der Waals surface area contributed by atoms with Gasteiger partial charge in [-0.2, -0.15) is 11.8 Å². The van der Waals surface area contributed by atoms with Gasteiger partial charge in [0, 0.05) is 21.5 Å². The molecule has 1 saturated carbocycles. The van der Waals surface area contributed by atoms with Crippen LogP contribution in [0.5, 0.6) is 0 Å². The predicted octanol–water partition coefficient (Wildman–Crippen LogP) is 3.65. The summed E-state index contributed by atoms with van der Waals surface area (Å²) in [6.07, 6.45) is 7.10. The lowest BCUT2D eigenvalue weighted by Gasteiger charge is -2.28. The first-order chi connectivity index (χ1) is 9.67. The van der Waals surface area contributed by atoms with Gasteiger partial charge in [-0.25, -0.2) is 0 Å². The third-order valence-electron chi connectivity index (χ3n) is 3.64. The second-order valence-electron chi connectivity index (χ2n) is 5.16. The second kappa shape index (κ2) is 8.05. The van der Waals surface area contributed by atoms with Crippen LogP contribution in [0.1, 0.15) is 25.7 Å². The van der Waals surface area contributed by atoms with Crippen LogP contribution in [-0.4, -0.2) is 30.0 Å². The van der Waals surface area contributed by atoms with Crippen LogP contribution in [-0.2, 0) is 4.79 Å². The van der Waals surface area contributed by atoms with Gasteiger partial charge in [-0.3, -0.25) is 4.79 Å². The Morgan fingerprint density at radius 3 is 2.80 bits per heavy atom. The summed E-state index contributed by atoms with van der Waals surface area (Å²) in [6, 6.07) is 8.12. The van der Waals surface area contributed by atoms with Gasteiger partial charge in [-0.15, -0.1) is 0 Å². The molecule has 110 valence electrons. The average molecular weight is 357 g/mol. The minimum Gasteiger partial charge on any atom is -0.325 e. The van der Waals surface area contributed by atoms with Gasteiger partial charge < -0.3 is 10.6 Å². The molecule has 2 rings (SSSR count). The van der Waals surface area contributed by atoms with Crippen molar-refractivity contribution in [1.29, 1.82) is 0 Å². The van der Waals surface area contributed by atoms with E-state index in [2.05, 4.69) is 32.8 Å². The van der Waals surface area contributed by atoms with E-state index in [0.717, 1.165) is 15.4 Å². The Hall–Kier alpha value is -0.520. The van der Waals surface area contributed by atoms with Crippen molar-refractivity contribution in [3.8, 4) is 0 Å². The Kier molecular flexibility index (Phi) is 6.39. The van der Waals surface area contributed by atoms with Crippen molar-refractivity contribution in [3.63, 3.8) is 0 Å². The van der Waals surface area contributed by atoms with Crippen molar-refractivity contribution in [2.45, 2.75) is 37.0 Å². The van der Waals surface area contributed by atoms with E-state index < -0.39 is 0 Å². The largest absolute Gasteiger partial charge is 0.325 e. The summed E-state index contributed by atoms with van der Waals surface area (Å²) in [5.41, 5.74) is 0.839. The molecular weight excluding hydrogens is 336 g/mol. The van der Waals surface area contributed by atoms with Crippen molar-refractivity contribution < 1.29 is 4.79 Å². The second-order valence-corrected chi connectivity index (χ2v) is 7.21. The first-order valence-electron chi connectivity index (χ1n) is 6.99. The van der Waals surface area contributed by atoms with Gasteiger partial charge in [0.25, 0.3) is 0 Å². The van der Waals surface area contributed by atoms with Crippen molar-refractivity contribution in [1.82, 2.24) is 5.32 Å². The van der Waals surface area contributed by atoms with Crippen molar-refractivity contribution >= 4 is 39.3 Å². The van der Waals surface area contributed by atoms with E-state index in [0.29, 0.717) is 12.6 Å². The number of hydrogen-bond acceptors (Lipinski definition) is 3. The Morgan fingerprint density at radius 2 is 2.10 bits per heavy atom. The highest BCUT2D eigenvalue weighted by Gasteiger charge is 2.21. The fraction of sp³-hybridized carbons (Fsp3) is 0.533. The minimum atomic E-state index is 0.0265. The lowest BCUT2D eigenvalue weighted by Crippen LogP contribution is -2.39. The summed E-state index contributed by atoms with van der Waals surface area (Å²) < 4.78 is 1.01. The van der Waals surface area contributed by atoms with Crippen LogP contribution >= 0.6 is 27.7 Å². The normalized spacial score (nSPS) is 22.5. The molecule has 2 N–H and O–H groups in total. The standard InChI is InChI=1S/C15H21BrN2OS/c1-20-14-4-2-3-13(9-14)17-10-15(19)18-12-7-5-11(16)6-8-12/h5-8,13-14,17H,2-4,9-10H2,1H3,(H,18,19). The molecule has 1 aliphatic rings. The maximum absolute atomic E-state index is 11.9. The molecule has 20 heavy (non-hydrogen) atoms.